The van der Waals surface area contributed by atoms with Crippen LogP contribution in [0.4, 0.5) is 5.69 Å². The average molecular weight is 409 g/mol. The number of aromatic hydroxyl groups is 1. The van der Waals surface area contributed by atoms with E-state index in [1.165, 1.54) is 12.1 Å². The lowest BCUT2D eigenvalue weighted by atomic mass is 10.1. The highest BCUT2D eigenvalue weighted by Gasteiger charge is 2.36. The van der Waals surface area contributed by atoms with Crippen molar-refractivity contribution in [3.63, 3.8) is 0 Å². The highest BCUT2D eigenvalue weighted by Crippen LogP contribution is 2.49. The Labute approximate surface area is 156 Å². The smallest absolute Gasteiger partial charge is 0.208 e. The van der Waals surface area contributed by atoms with Crippen LogP contribution in [-0.4, -0.2) is 10.9 Å². The molecule has 0 saturated heterocycles. The van der Waals surface area contributed by atoms with Crippen molar-refractivity contribution in [2.24, 2.45) is 0 Å². The number of hydrogen-bond acceptors (Lipinski definition) is 3. The molecule has 2 N–H and O–H groups in total. The molecule has 2 aromatic rings. The van der Waals surface area contributed by atoms with E-state index in [4.69, 9.17) is 58.0 Å². The van der Waals surface area contributed by atoms with Gasteiger partial charge in [-0.25, -0.2) is 0 Å². The number of nitrogens with one attached hydrogen (secondary N) is 1. The van der Waals surface area contributed by atoms with Crippen molar-refractivity contribution in [2.45, 2.75) is 0 Å². The van der Waals surface area contributed by atoms with Crippen LogP contribution in [0.25, 0.3) is 5.70 Å². The third-order valence-corrected chi connectivity index (χ3v) is 5.46. The van der Waals surface area contributed by atoms with Crippen LogP contribution in [0.1, 0.15) is 15.9 Å². The number of fused-ring (bicyclic) bond motifs is 1. The van der Waals surface area contributed by atoms with Crippen LogP contribution in [0.2, 0.25) is 20.1 Å². The fourth-order valence-electron chi connectivity index (χ4n) is 2.22. The fraction of sp³-hybridized carbons (Fsp3) is 0. The van der Waals surface area contributed by atoms with Crippen LogP contribution >= 0.6 is 58.0 Å². The zero-order valence-electron chi connectivity index (χ0n) is 11.1. The monoisotopic (exact) mass is 407 g/mol. The first-order valence-electron chi connectivity index (χ1n) is 6.19. The van der Waals surface area contributed by atoms with E-state index in [0.29, 0.717) is 11.3 Å². The first-order valence-corrected chi connectivity index (χ1v) is 8.08. The molecule has 0 bridgehead atoms. The summed E-state index contributed by atoms with van der Waals surface area (Å²) < 4.78 is 0. The molecule has 0 radical (unpaired) electrons. The molecule has 0 spiro atoms. The second-order valence-electron chi connectivity index (χ2n) is 4.70. The molecular weight excluding hydrogens is 403 g/mol. The Balaban J connectivity index is 2.18. The average Bonchev–Trinajstić information content (AvgIpc) is 2.78. The normalized spacial score (nSPS) is 13.5. The standard InChI is InChI=1S/C15H6Cl5NO2/c16-9-7-8(10(17)12(19)11(9)18)15(23)13(20)14(7)21-5-1-3-6(22)4-2-5/h1-4,21-22H. The second kappa shape index (κ2) is 6.08. The van der Waals surface area contributed by atoms with Gasteiger partial charge in [0.25, 0.3) is 0 Å². The molecule has 0 fully saturated rings. The largest absolute Gasteiger partial charge is 0.508 e. The van der Waals surface area contributed by atoms with Crippen LogP contribution in [0.3, 0.4) is 0 Å². The molecule has 8 heteroatoms. The van der Waals surface area contributed by atoms with Gasteiger partial charge in [0, 0.05) is 11.3 Å². The number of carbonyl (C=O) groups excluding carboxylic acids is 1. The number of carbonyl (C=O) groups is 1. The van der Waals surface area contributed by atoms with Gasteiger partial charge >= 0.3 is 0 Å². The Morgan fingerprint density at radius 1 is 0.783 bits per heavy atom. The Morgan fingerprint density at radius 3 is 1.87 bits per heavy atom. The highest BCUT2D eigenvalue weighted by molar-refractivity contribution is 6.58. The number of phenols is 1. The lowest BCUT2D eigenvalue weighted by Gasteiger charge is -2.13. The van der Waals surface area contributed by atoms with Crippen molar-refractivity contribution < 1.29 is 9.90 Å². The van der Waals surface area contributed by atoms with Crippen LogP contribution in [-0.2, 0) is 0 Å². The Morgan fingerprint density at radius 2 is 1.30 bits per heavy atom. The van der Waals surface area contributed by atoms with Crippen LogP contribution in [0.5, 0.6) is 5.75 Å². The van der Waals surface area contributed by atoms with Gasteiger partial charge < -0.3 is 10.4 Å². The Hall–Kier alpha value is -1.10. The molecule has 118 valence electrons. The summed E-state index contributed by atoms with van der Waals surface area (Å²) in [6.45, 7) is 0. The molecule has 3 rings (SSSR count). The number of allylic oxidation sites excluding steroid dienone is 1. The molecule has 3 nitrogen and oxygen atoms in total. The molecule has 1 aliphatic rings. The van der Waals surface area contributed by atoms with Gasteiger partial charge in [-0.3, -0.25) is 4.79 Å². The second-order valence-corrected chi connectivity index (χ2v) is 6.59. The van der Waals surface area contributed by atoms with Gasteiger partial charge in [0.1, 0.15) is 10.8 Å². The first-order chi connectivity index (χ1) is 10.8. The van der Waals surface area contributed by atoms with E-state index in [2.05, 4.69) is 5.32 Å². The zero-order valence-corrected chi connectivity index (χ0v) is 14.8. The minimum absolute atomic E-state index is 0.000725. The van der Waals surface area contributed by atoms with Gasteiger partial charge in [0.2, 0.25) is 5.78 Å². The number of anilines is 1. The summed E-state index contributed by atoms with van der Waals surface area (Å²) in [5.41, 5.74) is 1.28. The molecule has 0 aromatic heterocycles. The summed E-state index contributed by atoms with van der Waals surface area (Å²) in [5.74, 6) is -0.386. The first kappa shape index (κ1) is 16.7. The van der Waals surface area contributed by atoms with Gasteiger partial charge in [0.15, 0.2) is 0 Å². The summed E-state index contributed by atoms with van der Waals surface area (Å²) in [7, 11) is 0. The van der Waals surface area contributed by atoms with Gasteiger partial charge in [-0.05, 0) is 24.3 Å². The van der Waals surface area contributed by atoms with Crippen LogP contribution < -0.4 is 5.32 Å². The zero-order chi connectivity index (χ0) is 16.9. The molecular formula is C15H6Cl5NO2. The molecule has 2 aromatic carbocycles. The van der Waals surface area contributed by atoms with Gasteiger partial charge in [-0.1, -0.05) is 58.0 Å². The quantitative estimate of drug-likeness (QED) is 0.352. The van der Waals surface area contributed by atoms with E-state index in [9.17, 15) is 9.90 Å². The number of benzene rings is 2. The van der Waals surface area contributed by atoms with Crippen molar-refractivity contribution in [1.82, 2.24) is 0 Å². The van der Waals surface area contributed by atoms with E-state index in [1.54, 1.807) is 12.1 Å². The maximum absolute atomic E-state index is 12.4. The third-order valence-electron chi connectivity index (χ3n) is 3.30. The molecule has 0 saturated carbocycles. The number of Topliss-reactive ketones (excluding diaryl/α,β-unsaturated/α-hetero) is 1. The highest BCUT2D eigenvalue weighted by atomic mass is 35.5. The van der Waals surface area contributed by atoms with Gasteiger partial charge in [0.05, 0.1) is 31.4 Å². The summed E-state index contributed by atoms with van der Waals surface area (Å²) in [5, 5.41) is 12.4. The Bertz CT molecular complexity index is 875. The summed E-state index contributed by atoms with van der Waals surface area (Å²) in [6.07, 6.45) is 0. The molecule has 0 atom stereocenters. The van der Waals surface area contributed by atoms with E-state index < -0.39 is 5.78 Å². The van der Waals surface area contributed by atoms with Crippen molar-refractivity contribution in [3.8, 4) is 5.75 Å². The SMILES string of the molecule is O=C1C(Cl)=C(Nc2ccc(O)cc2)c2c(Cl)c(Cl)c(Cl)c(Cl)c21. The number of phenolic OH excluding ortho intramolecular Hbond substituents is 1. The fourth-order valence-corrected chi connectivity index (χ4v) is 3.49. The van der Waals surface area contributed by atoms with Crippen molar-refractivity contribution in [1.29, 1.82) is 0 Å². The van der Waals surface area contributed by atoms with Crippen molar-refractivity contribution in [3.05, 3.63) is 60.5 Å². The molecule has 0 amide bonds. The summed E-state index contributed by atoms with van der Waals surface area (Å²) >= 11 is 30.6. The van der Waals surface area contributed by atoms with E-state index >= 15 is 0 Å². The maximum atomic E-state index is 12.4. The summed E-state index contributed by atoms with van der Waals surface area (Å²) in [6, 6.07) is 6.19. The van der Waals surface area contributed by atoms with E-state index in [0.717, 1.165) is 0 Å². The minimum atomic E-state index is -0.492. The van der Waals surface area contributed by atoms with E-state index in [-0.39, 0.29) is 42.1 Å². The Kier molecular flexibility index (Phi) is 4.43. The molecule has 23 heavy (non-hydrogen) atoms. The number of hydrogen-bond donors (Lipinski definition) is 2. The molecule has 1 aliphatic carbocycles. The third kappa shape index (κ3) is 2.67. The number of ketones is 1. The molecule has 0 heterocycles. The van der Waals surface area contributed by atoms with Gasteiger partial charge in [-0.15, -0.1) is 0 Å². The predicted molar refractivity (Wildman–Crippen MR) is 95.3 cm³/mol. The topological polar surface area (TPSA) is 49.3 Å². The molecule has 0 aliphatic heterocycles. The summed E-state index contributed by atoms with van der Waals surface area (Å²) in [4.78, 5) is 12.4. The lowest BCUT2D eigenvalue weighted by molar-refractivity contribution is 0.104. The minimum Gasteiger partial charge on any atom is -0.508 e. The predicted octanol–water partition coefficient (Wildman–Crippen LogP) is 6.22. The van der Waals surface area contributed by atoms with E-state index in [1.807, 2.05) is 0 Å². The van der Waals surface area contributed by atoms with Crippen molar-refractivity contribution >= 4 is 75.2 Å². The van der Waals surface area contributed by atoms with Gasteiger partial charge in [-0.2, -0.15) is 0 Å². The van der Waals surface area contributed by atoms with Crippen LogP contribution in [0, 0.1) is 0 Å². The number of rotatable bonds is 2. The van der Waals surface area contributed by atoms with Crippen molar-refractivity contribution in [2.75, 3.05) is 5.32 Å². The molecule has 0 unspecified atom stereocenters. The van der Waals surface area contributed by atoms with Crippen LogP contribution in [0.15, 0.2) is 29.3 Å². The lowest BCUT2D eigenvalue weighted by Crippen LogP contribution is -2.00. The number of halogens is 5. The maximum Gasteiger partial charge on any atom is 0.208 e.